The van der Waals surface area contributed by atoms with Gasteiger partial charge in [-0.2, -0.15) is 9.41 Å². The van der Waals surface area contributed by atoms with Gasteiger partial charge in [-0.3, -0.25) is 14.9 Å². The largest absolute Gasteiger partial charge is 0.278 e. The second-order valence-corrected chi connectivity index (χ2v) is 8.14. The van der Waals surface area contributed by atoms with Crippen LogP contribution in [0.2, 0.25) is 0 Å². The molecule has 1 amide bonds. The van der Waals surface area contributed by atoms with Gasteiger partial charge in [0, 0.05) is 12.1 Å². The minimum Gasteiger partial charge on any atom is -0.272 e. The van der Waals surface area contributed by atoms with Gasteiger partial charge in [-0.05, 0) is 18.9 Å². The van der Waals surface area contributed by atoms with E-state index in [-0.39, 0.29) is 23.8 Å². The fraction of sp³-hybridized carbons (Fsp3) is 0.500. The molecule has 0 saturated heterocycles. The highest BCUT2D eigenvalue weighted by molar-refractivity contribution is 7.88. The lowest BCUT2D eigenvalue weighted by molar-refractivity contribution is -0.385. The second-order valence-electron chi connectivity index (χ2n) is 6.21. The number of amides is 1. The van der Waals surface area contributed by atoms with Crippen molar-refractivity contribution in [3.8, 4) is 0 Å². The Kier molecular flexibility index (Phi) is 6.81. The molecule has 0 radical (unpaired) electrons. The van der Waals surface area contributed by atoms with Crippen molar-refractivity contribution in [3.63, 3.8) is 0 Å². The number of benzene rings is 1. The highest BCUT2D eigenvalue weighted by Gasteiger charge is 2.29. The normalized spacial score (nSPS) is 16.1. The van der Waals surface area contributed by atoms with Gasteiger partial charge in [0.1, 0.15) is 0 Å². The number of hydrogen-bond donors (Lipinski definition) is 1. The van der Waals surface area contributed by atoms with E-state index in [1.54, 1.807) is 6.07 Å². The minimum absolute atomic E-state index is 0.134. The van der Waals surface area contributed by atoms with Crippen molar-refractivity contribution in [2.45, 2.75) is 38.1 Å². The van der Waals surface area contributed by atoms with Gasteiger partial charge in [-0.25, -0.2) is 13.8 Å². The van der Waals surface area contributed by atoms with Gasteiger partial charge in [0.25, 0.3) is 11.6 Å². The molecule has 1 fully saturated rings. The summed E-state index contributed by atoms with van der Waals surface area (Å²) in [6.45, 7) is -0.322. The zero-order chi connectivity index (χ0) is 19.2. The number of nitrogens with one attached hydrogen (secondary N) is 1. The molecule has 0 atom stereocenters. The monoisotopic (exact) mass is 382 g/mol. The fourth-order valence-corrected chi connectivity index (χ4v) is 4.10. The molecule has 2 rings (SSSR count). The molecular weight excluding hydrogens is 360 g/mol. The molecule has 26 heavy (non-hydrogen) atoms. The molecule has 142 valence electrons. The smallest absolute Gasteiger partial charge is 0.272 e. The van der Waals surface area contributed by atoms with Crippen LogP contribution in [0.5, 0.6) is 0 Å². The molecule has 1 aromatic rings. The Morgan fingerprint density at radius 3 is 2.62 bits per heavy atom. The van der Waals surface area contributed by atoms with Crippen molar-refractivity contribution >= 4 is 27.8 Å². The fourth-order valence-electron chi connectivity index (χ4n) is 3.00. The van der Waals surface area contributed by atoms with Crippen LogP contribution in [0.4, 0.5) is 5.69 Å². The molecular formula is C16H22N4O5S. The van der Waals surface area contributed by atoms with E-state index in [4.69, 9.17) is 0 Å². The molecule has 1 aromatic carbocycles. The first-order valence-corrected chi connectivity index (χ1v) is 10.2. The maximum absolute atomic E-state index is 12.1. The second kappa shape index (κ2) is 8.86. The van der Waals surface area contributed by atoms with Crippen LogP contribution in [-0.4, -0.2) is 48.6 Å². The zero-order valence-corrected chi connectivity index (χ0v) is 15.3. The van der Waals surface area contributed by atoms with Crippen molar-refractivity contribution in [2.75, 3.05) is 12.8 Å². The summed E-state index contributed by atoms with van der Waals surface area (Å²) in [7, 11) is -3.52. The van der Waals surface area contributed by atoms with Gasteiger partial charge in [-0.1, -0.05) is 31.4 Å². The third kappa shape index (κ3) is 5.60. The van der Waals surface area contributed by atoms with E-state index in [2.05, 4.69) is 10.5 Å². The number of nitro benzene ring substituents is 1. The molecule has 0 aliphatic heterocycles. The quantitative estimate of drug-likeness (QED) is 0.436. The Morgan fingerprint density at radius 1 is 1.35 bits per heavy atom. The maximum Gasteiger partial charge on any atom is 0.278 e. The van der Waals surface area contributed by atoms with Gasteiger partial charge in [0.05, 0.1) is 29.5 Å². The summed E-state index contributed by atoms with van der Waals surface area (Å²) in [5, 5.41) is 14.6. The Labute approximate surface area is 152 Å². The molecule has 0 aromatic heterocycles. The van der Waals surface area contributed by atoms with E-state index in [1.807, 2.05) is 0 Å². The highest BCUT2D eigenvalue weighted by atomic mass is 32.2. The van der Waals surface area contributed by atoms with Crippen molar-refractivity contribution in [1.29, 1.82) is 0 Å². The number of para-hydroxylation sites is 1. The summed E-state index contributed by atoms with van der Waals surface area (Å²) in [4.78, 5) is 22.5. The van der Waals surface area contributed by atoms with E-state index in [9.17, 15) is 23.3 Å². The Balaban J connectivity index is 2.01. The lowest BCUT2D eigenvalue weighted by Crippen LogP contribution is -2.45. The SMILES string of the molecule is CS(=O)(=O)N(CC(=O)N/N=C/c1ccccc1[N+](=O)[O-])C1CCCCC1. The first-order chi connectivity index (χ1) is 12.3. The third-order valence-corrected chi connectivity index (χ3v) is 5.51. The van der Waals surface area contributed by atoms with E-state index in [0.717, 1.165) is 38.4 Å². The van der Waals surface area contributed by atoms with Crippen molar-refractivity contribution in [2.24, 2.45) is 5.10 Å². The summed E-state index contributed by atoms with van der Waals surface area (Å²) in [5.74, 6) is -0.587. The summed E-state index contributed by atoms with van der Waals surface area (Å²) in [5.41, 5.74) is 2.35. The van der Waals surface area contributed by atoms with Crippen LogP contribution in [0.3, 0.4) is 0 Å². The number of carbonyl (C=O) groups is 1. The lowest BCUT2D eigenvalue weighted by Gasteiger charge is -2.31. The van der Waals surface area contributed by atoms with Crippen molar-refractivity contribution in [3.05, 3.63) is 39.9 Å². The number of nitro groups is 1. The van der Waals surface area contributed by atoms with Gasteiger partial charge in [-0.15, -0.1) is 0 Å². The first-order valence-electron chi connectivity index (χ1n) is 8.31. The van der Waals surface area contributed by atoms with E-state index >= 15 is 0 Å². The average molecular weight is 382 g/mol. The molecule has 0 unspecified atom stereocenters. The van der Waals surface area contributed by atoms with Crippen molar-refractivity contribution in [1.82, 2.24) is 9.73 Å². The number of carbonyl (C=O) groups excluding carboxylic acids is 1. The topological polar surface area (TPSA) is 122 Å². The Morgan fingerprint density at radius 2 is 2.00 bits per heavy atom. The minimum atomic E-state index is -3.52. The number of hydrogen-bond acceptors (Lipinski definition) is 6. The Hall–Kier alpha value is -2.33. The van der Waals surface area contributed by atoms with Gasteiger partial charge < -0.3 is 0 Å². The summed E-state index contributed by atoms with van der Waals surface area (Å²) in [6, 6.07) is 5.80. The summed E-state index contributed by atoms with van der Waals surface area (Å²) in [6.07, 6.45) is 6.68. The third-order valence-electron chi connectivity index (χ3n) is 4.23. The Bertz CT molecular complexity index is 788. The molecule has 0 spiro atoms. The molecule has 1 aliphatic rings. The molecule has 1 aliphatic carbocycles. The average Bonchev–Trinajstić information content (AvgIpc) is 2.60. The predicted octanol–water partition coefficient (Wildman–Crippen LogP) is 1.64. The summed E-state index contributed by atoms with van der Waals surface area (Å²) >= 11 is 0. The molecule has 10 heteroatoms. The zero-order valence-electron chi connectivity index (χ0n) is 14.5. The molecule has 9 nitrogen and oxygen atoms in total. The number of sulfonamides is 1. The van der Waals surface area contributed by atoms with Crippen LogP contribution < -0.4 is 5.43 Å². The lowest BCUT2D eigenvalue weighted by atomic mass is 9.95. The van der Waals surface area contributed by atoms with Crippen LogP contribution in [-0.2, 0) is 14.8 Å². The van der Waals surface area contributed by atoms with Crippen LogP contribution >= 0.6 is 0 Å². The van der Waals surface area contributed by atoms with Crippen LogP contribution in [0.15, 0.2) is 29.4 Å². The van der Waals surface area contributed by atoms with E-state index < -0.39 is 20.9 Å². The van der Waals surface area contributed by atoms with Gasteiger partial charge in [0.15, 0.2) is 0 Å². The molecule has 1 N–H and O–H groups in total. The molecule has 1 saturated carbocycles. The summed E-state index contributed by atoms with van der Waals surface area (Å²) < 4.78 is 25.2. The number of nitrogens with zero attached hydrogens (tertiary/aromatic N) is 3. The number of hydrazone groups is 1. The number of rotatable bonds is 7. The van der Waals surface area contributed by atoms with Gasteiger partial charge in [0.2, 0.25) is 10.0 Å². The van der Waals surface area contributed by atoms with Crippen LogP contribution in [0, 0.1) is 10.1 Å². The van der Waals surface area contributed by atoms with Crippen molar-refractivity contribution < 1.29 is 18.1 Å². The molecule has 0 bridgehead atoms. The maximum atomic E-state index is 12.1. The van der Waals surface area contributed by atoms with Crippen LogP contribution in [0.25, 0.3) is 0 Å². The predicted molar refractivity (Wildman–Crippen MR) is 97.3 cm³/mol. The molecule has 0 heterocycles. The first kappa shape index (κ1) is 20.0. The van der Waals surface area contributed by atoms with Crippen LogP contribution in [0.1, 0.15) is 37.7 Å². The highest BCUT2D eigenvalue weighted by Crippen LogP contribution is 2.24. The standard InChI is InChI=1S/C16H22N4O5S/c1-26(24,25)19(14-8-3-2-4-9-14)12-16(21)18-17-11-13-7-5-6-10-15(13)20(22)23/h5-7,10-11,14H,2-4,8-9,12H2,1H3,(H,18,21)/b17-11+. The van der Waals surface area contributed by atoms with E-state index in [1.165, 1.54) is 28.7 Å². The van der Waals surface area contributed by atoms with E-state index in [0.29, 0.717) is 0 Å². The van der Waals surface area contributed by atoms with Gasteiger partial charge >= 0.3 is 0 Å².